The van der Waals surface area contributed by atoms with Crippen LogP contribution in [0.25, 0.3) is 0 Å². The molecule has 96 valence electrons. The predicted molar refractivity (Wildman–Crippen MR) is 64.4 cm³/mol. The minimum Gasteiger partial charge on any atom is -0.444 e. The van der Waals surface area contributed by atoms with Crippen LogP contribution in [0.2, 0.25) is 0 Å². The number of carbonyl (C=O) groups is 1. The van der Waals surface area contributed by atoms with Crippen molar-refractivity contribution in [1.29, 1.82) is 5.26 Å². The van der Waals surface area contributed by atoms with Gasteiger partial charge in [0.05, 0.1) is 12.0 Å². The van der Waals surface area contributed by atoms with Gasteiger partial charge in [0.2, 0.25) is 0 Å². The summed E-state index contributed by atoms with van der Waals surface area (Å²) in [4.78, 5) is 13.6. The van der Waals surface area contributed by atoms with Gasteiger partial charge in [0.25, 0.3) is 0 Å². The molecule has 1 atom stereocenters. The van der Waals surface area contributed by atoms with E-state index in [1.54, 1.807) is 0 Å². The van der Waals surface area contributed by atoms with E-state index in [1.807, 2.05) is 27.7 Å². The van der Waals surface area contributed by atoms with E-state index in [0.717, 1.165) is 19.6 Å². The molecule has 5 nitrogen and oxygen atoms in total. The van der Waals surface area contributed by atoms with E-state index < -0.39 is 5.60 Å². The first-order valence-electron chi connectivity index (χ1n) is 5.91. The summed E-state index contributed by atoms with van der Waals surface area (Å²) >= 11 is 0. The number of nitrogens with zero attached hydrogens (tertiary/aromatic N) is 2. The number of alkyl carbamates (subject to hydrolysis) is 1. The number of nitriles is 1. The van der Waals surface area contributed by atoms with Crippen molar-refractivity contribution in [2.45, 2.75) is 39.3 Å². The van der Waals surface area contributed by atoms with Gasteiger partial charge in [0, 0.05) is 25.7 Å². The lowest BCUT2D eigenvalue weighted by Gasteiger charge is -2.37. The summed E-state index contributed by atoms with van der Waals surface area (Å²) < 4.78 is 5.16. The zero-order valence-electron chi connectivity index (χ0n) is 11.0. The molecule has 1 unspecified atom stereocenters. The Bertz CT molecular complexity index is 311. The first kappa shape index (κ1) is 13.8. The van der Waals surface area contributed by atoms with Crippen LogP contribution < -0.4 is 5.32 Å². The molecule has 5 heteroatoms. The number of hydrogen-bond acceptors (Lipinski definition) is 4. The standard InChI is InChI=1S/C12H21N3O2/c1-9(6-15-7-10(5-13)8-15)14-11(16)17-12(2,3)4/h9-10H,6-8H2,1-4H3,(H,14,16). The van der Waals surface area contributed by atoms with E-state index in [9.17, 15) is 4.79 Å². The molecule has 0 aromatic heterocycles. The quantitative estimate of drug-likeness (QED) is 0.807. The smallest absolute Gasteiger partial charge is 0.407 e. The third-order valence-corrected chi connectivity index (χ3v) is 2.43. The number of amides is 1. The van der Waals surface area contributed by atoms with Crippen molar-refractivity contribution in [2.75, 3.05) is 19.6 Å². The minimum atomic E-state index is -0.466. The van der Waals surface area contributed by atoms with Crippen molar-refractivity contribution < 1.29 is 9.53 Å². The highest BCUT2D eigenvalue weighted by Crippen LogP contribution is 2.14. The maximum atomic E-state index is 11.5. The van der Waals surface area contributed by atoms with Crippen molar-refractivity contribution in [1.82, 2.24) is 10.2 Å². The molecule has 0 spiro atoms. The zero-order chi connectivity index (χ0) is 13.1. The zero-order valence-corrected chi connectivity index (χ0v) is 11.0. The molecule has 1 saturated heterocycles. The number of likely N-dealkylation sites (tertiary alicyclic amines) is 1. The lowest BCUT2D eigenvalue weighted by molar-refractivity contribution is 0.0476. The molecule has 1 amide bonds. The van der Waals surface area contributed by atoms with Gasteiger partial charge in [-0.3, -0.25) is 4.90 Å². The molecule has 1 aliphatic rings. The lowest BCUT2D eigenvalue weighted by atomic mass is 10.0. The molecule has 17 heavy (non-hydrogen) atoms. The molecule has 0 aliphatic carbocycles. The fourth-order valence-corrected chi connectivity index (χ4v) is 1.74. The Morgan fingerprint density at radius 1 is 1.59 bits per heavy atom. The van der Waals surface area contributed by atoms with Gasteiger partial charge in [-0.1, -0.05) is 0 Å². The van der Waals surface area contributed by atoms with Crippen molar-refractivity contribution in [2.24, 2.45) is 5.92 Å². The fraction of sp³-hybridized carbons (Fsp3) is 0.833. The summed E-state index contributed by atoms with van der Waals surface area (Å²) in [5, 5.41) is 11.4. The second-order valence-corrected chi connectivity index (χ2v) is 5.59. The molecule has 1 heterocycles. The Morgan fingerprint density at radius 3 is 2.65 bits per heavy atom. The molecule has 0 radical (unpaired) electrons. The van der Waals surface area contributed by atoms with Gasteiger partial charge >= 0.3 is 6.09 Å². The van der Waals surface area contributed by atoms with Crippen LogP contribution in [-0.4, -0.2) is 42.3 Å². The summed E-state index contributed by atoms with van der Waals surface area (Å²) in [5.74, 6) is 0.156. The van der Waals surface area contributed by atoms with Gasteiger partial charge in [-0.05, 0) is 27.7 Å². The molecule has 0 bridgehead atoms. The highest BCUT2D eigenvalue weighted by molar-refractivity contribution is 5.68. The van der Waals surface area contributed by atoms with Gasteiger partial charge in [0.15, 0.2) is 0 Å². The van der Waals surface area contributed by atoms with Crippen LogP contribution in [0.3, 0.4) is 0 Å². The summed E-state index contributed by atoms with van der Waals surface area (Å²) in [5.41, 5.74) is -0.466. The van der Waals surface area contributed by atoms with Crippen molar-refractivity contribution in [3.05, 3.63) is 0 Å². The van der Waals surface area contributed by atoms with E-state index >= 15 is 0 Å². The molecular formula is C12H21N3O2. The van der Waals surface area contributed by atoms with Crippen molar-refractivity contribution >= 4 is 6.09 Å². The average Bonchev–Trinajstić information content (AvgIpc) is 2.06. The average molecular weight is 239 g/mol. The Balaban J connectivity index is 2.20. The second kappa shape index (κ2) is 5.37. The first-order valence-corrected chi connectivity index (χ1v) is 5.91. The van der Waals surface area contributed by atoms with Gasteiger partial charge in [-0.2, -0.15) is 5.26 Å². The third kappa shape index (κ3) is 5.05. The molecule has 0 aromatic carbocycles. The topological polar surface area (TPSA) is 65.4 Å². The second-order valence-electron chi connectivity index (χ2n) is 5.59. The summed E-state index contributed by atoms with van der Waals surface area (Å²) in [6.45, 7) is 9.81. The largest absolute Gasteiger partial charge is 0.444 e. The third-order valence-electron chi connectivity index (χ3n) is 2.43. The normalized spacial score (nSPS) is 19.0. The molecule has 0 saturated carbocycles. The minimum absolute atomic E-state index is 0.0319. The Hall–Kier alpha value is -1.28. The van der Waals surface area contributed by atoms with E-state index in [1.165, 1.54) is 0 Å². The number of carbonyl (C=O) groups excluding carboxylic acids is 1. The van der Waals surface area contributed by atoms with Gasteiger partial charge in [-0.25, -0.2) is 4.79 Å². The highest BCUT2D eigenvalue weighted by atomic mass is 16.6. The number of nitrogens with one attached hydrogen (secondary N) is 1. The predicted octanol–water partition coefficient (Wildman–Crippen LogP) is 1.35. The van der Waals surface area contributed by atoms with Crippen LogP contribution in [0.4, 0.5) is 4.79 Å². The van der Waals surface area contributed by atoms with Crippen LogP contribution in [0.15, 0.2) is 0 Å². The molecule has 1 fully saturated rings. The van der Waals surface area contributed by atoms with Crippen molar-refractivity contribution in [3.63, 3.8) is 0 Å². The molecule has 0 aromatic rings. The van der Waals surface area contributed by atoms with Crippen LogP contribution in [0.5, 0.6) is 0 Å². The number of hydrogen-bond donors (Lipinski definition) is 1. The van der Waals surface area contributed by atoms with Gasteiger partial charge in [-0.15, -0.1) is 0 Å². The fourth-order valence-electron chi connectivity index (χ4n) is 1.74. The number of ether oxygens (including phenoxy) is 1. The molecule has 1 rings (SSSR count). The van der Waals surface area contributed by atoms with Crippen molar-refractivity contribution in [3.8, 4) is 6.07 Å². The SMILES string of the molecule is CC(CN1CC(C#N)C1)NC(=O)OC(C)(C)C. The molecule has 1 N–H and O–H groups in total. The van der Waals surface area contributed by atoms with E-state index in [4.69, 9.17) is 10.00 Å². The Labute approximate surface area is 103 Å². The van der Waals surface area contributed by atoms with Crippen LogP contribution in [-0.2, 0) is 4.74 Å². The lowest BCUT2D eigenvalue weighted by Crippen LogP contribution is -2.52. The summed E-state index contributed by atoms with van der Waals surface area (Å²) in [7, 11) is 0. The monoisotopic (exact) mass is 239 g/mol. The van der Waals surface area contributed by atoms with E-state index in [0.29, 0.717) is 0 Å². The molecular weight excluding hydrogens is 218 g/mol. The van der Waals surface area contributed by atoms with Gasteiger partial charge < -0.3 is 10.1 Å². The Morgan fingerprint density at radius 2 is 2.18 bits per heavy atom. The summed E-state index contributed by atoms with van der Waals surface area (Å²) in [6.07, 6.45) is -0.387. The first-order chi connectivity index (χ1) is 7.80. The Kier molecular flexibility index (Phi) is 4.35. The van der Waals surface area contributed by atoms with Gasteiger partial charge in [0.1, 0.15) is 5.60 Å². The van der Waals surface area contributed by atoms with E-state index in [2.05, 4.69) is 16.3 Å². The maximum absolute atomic E-state index is 11.5. The highest BCUT2D eigenvalue weighted by Gasteiger charge is 2.28. The maximum Gasteiger partial charge on any atom is 0.407 e. The van der Waals surface area contributed by atoms with Crippen LogP contribution in [0.1, 0.15) is 27.7 Å². The van der Waals surface area contributed by atoms with E-state index in [-0.39, 0.29) is 18.1 Å². The van der Waals surface area contributed by atoms with Crippen LogP contribution in [0, 0.1) is 17.2 Å². The summed E-state index contributed by atoms with van der Waals surface area (Å²) in [6, 6.07) is 2.25. The number of rotatable bonds is 3. The molecule has 1 aliphatic heterocycles. The van der Waals surface area contributed by atoms with Crippen LogP contribution >= 0.6 is 0 Å².